The molecule has 0 bridgehead atoms. The van der Waals surface area contributed by atoms with Gasteiger partial charge in [0.25, 0.3) is 6.43 Å². The van der Waals surface area contributed by atoms with Gasteiger partial charge in [-0.3, -0.25) is 4.79 Å². The smallest absolute Gasteiger partial charge is 0.310 e. The lowest BCUT2D eigenvalue weighted by Gasteiger charge is -2.11. The Kier molecular flexibility index (Phi) is 4.57. The monoisotopic (exact) mass is 341 g/mol. The Morgan fingerprint density at radius 1 is 1.62 bits per heavy atom. The van der Waals surface area contributed by atoms with Gasteiger partial charge in [-0.25, -0.2) is 13.8 Å². The number of nitrogens with zero attached hydrogens (tertiary/aromatic N) is 1. The van der Waals surface area contributed by atoms with Crippen LogP contribution < -0.4 is 0 Å². The van der Waals surface area contributed by atoms with Gasteiger partial charge in [0.2, 0.25) is 0 Å². The lowest BCUT2D eigenvalue weighted by molar-refractivity contribution is -0.139. The molecule has 0 N–H and O–H groups in total. The van der Waals surface area contributed by atoms with E-state index in [1.807, 2.05) is 0 Å². The summed E-state index contributed by atoms with van der Waals surface area (Å²) >= 11 is 1.75. The normalized spacial score (nSPS) is 10.6. The molecule has 88 valence electrons. The third-order valence-corrected chi connectivity index (χ3v) is 3.08. The molecular weight excluding hydrogens is 331 g/mol. The number of methoxy groups -OCH3 is 1. The van der Waals surface area contributed by atoms with E-state index in [2.05, 4.69) is 9.72 Å². The molecule has 1 heterocycles. The van der Waals surface area contributed by atoms with Crippen LogP contribution in [0.5, 0.6) is 0 Å². The summed E-state index contributed by atoms with van der Waals surface area (Å²) in [5.74, 6) is -0.466. The van der Waals surface area contributed by atoms with Crippen LogP contribution in [0.4, 0.5) is 8.78 Å². The van der Waals surface area contributed by atoms with Crippen LogP contribution in [0.3, 0.4) is 0 Å². The SMILES string of the molecule is COC(=O)Cc1cnc(I)c(C(F)F)c1C. The topological polar surface area (TPSA) is 39.2 Å². The summed E-state index contributed by atoms with van der Waals surface area (Å²) in [4.78, 5) is 14.9. The highest BCUT2D eigenvalue weighted by Crippen LogP contribution is 2.28. The number of carbonyl (C=O) groups is 1. The van der Waals surface area contributed by atoms with Crippen molar-refractivity contribution >= 4 is 28.6 Å². The number of hydrogen-bond donors (Lipinski definition) is 0. The molecule has 0 atom stereocenters. The van der Waals surface area contributed by atoms with Crippen molar-refractivity contribution < 1.29 is 18.3 Å². The van der Waals surface area contributed by atoms with Gasteiger partial charge in [-0.2, -0.15) is 0 Å². The van der Waals surface area contributed by atoms with Crippen LogP contribution in [0.1, 0.15) is 23.1 Å². The zero-order valence-electron chi connectivity index (χ0n) is 8.76. The van der Waals surface area contributed by atoms with Gasteiger partial charge in [-0.05, 0) is 40.6 Å². The molecule has 6 heteroatoms. The maximum atomic E-state index is 12.7. The number of esters is 1. The third-order valence-electron chi connectivity index (χ3n) is 2.22. The Hall–Kier alpha value is -0.790. The fourth-order valence-electron chi connectivity index (χ4n) is 1.29. The van der Waals surface area contributed by atoms with E-state index in [1.165, 1.54) is 13.3 Å². The van der Waals surface area contributed by atoms with Gasteiger partial charge in [-0.1, -0.05) is 0 Å². The van der Waals surface area contributed by atoms with Gasteiger partial charge < -0.3 is 4.74 Å². The van der Waals surface area contributed by atoms with Crippen LogP contribution in [0.2, 0.25) is 0 Å². The Balaban J connectivity index is 3.13. The van der Waals surface area contributed by atoms with Crippen molar-refractivity contribution in [3.63, 3.8) is 0 Å². The molecule has 0 aliphatic rings. The quantitative estimate of drug-likeness (QED) is 0.482. The molecule has 1 aromatic rings. The summed E-state index contributed by atoms with van der Waals surface area (Å²) in [6, 6.07) is 0. The first kappa shape index (κ1) is 13.3. The number of alkyl halides is 2. The molecule has 1 aromatic heterocycles. The minimum absolute atomic E-state index is 0.0357. The second-order valence-corrected chi connectivity index (χ2v) is 4.19. The highest BCUT2D eigenvalue weighted by atomic mass is 127. The summed E-state index contributed by atoms with van der Waals surface area (Å²) in [5, 5.41) is 0. The average molecular weight is 341 g/mol. The molecule has 16 heavy (non-hydrogen) atoms. The largest absolute Gasteiger partial charge is 0.469 e. The fraction of sp³-hybridized carbons (Fsp3) is 0.400. The van der Waals surface area contributed by atoms with Gasteiger partial charge in [0.1, 0.15) is 3.70 Å². The number of hydrogen-bond acceptors (Lipinski definition) is 3. The fourth-order valence-corrected chi connectivity index (χ4v) is 2.07. The lowest BCUT2D eigenvalue weighted by atomic mass is 10.0. The van der Waals surface area contributed by atoms with Crippen molar-refractivity contribution in [1.82, 2.24) is 4.98 Å². The molecule has 0 fully saturated rings. The molecule has 0 amide bonds. The zero-order valence-corrected chi connectivity index (χ0v) is 10.9. The first-order valence-electron chi connectivity index (χ1n) is 4.46. The van der Waals surface area contributed by atoms with Crippen molar-refractivity contribution in [2.24, 2.45) is 0 Å². The van der Waals surface area contributed by atoms with E-state index in [9.17, 15) is 13.6 Å². The second kappa shape index (κ2) is 5.51. The van der Waals surface area contributed by atoms with E-state index in [0.29, 0.717) is 11.1 Å². The number of pyridine rings is 1. The van der Waals surface area contributed by atoms with Crippen LogP contribution in [0.15, 0.2) is 6.20 Å². The van der Waals surface area contributed by atoms with Gasteiger partial charge in [0.05, 0.1) is 19.1 Å². The molecule has 0 radical (unpaired) electrons. The van der Waals surface area contributed by atoms with E-state index < -0.39 is 12.4 Å². The van der Waals surface area contributed by atoms with Crippen molar-refractivity contribution in [1.29, 1.82) is 0 Å². The maximum absolute atomic E-state index is 12.7. The summed E-state index contributed by atoms with van der Waals surface area (Å²) in [6.45, 7) is 1.56. The molecule has 0 aliphatic carbocycles. The predicted octanol–water partition coefficient (Wildman–Crippen LogP) is 2.65. The minimum atomic E-state index is -2.59. The van der Waals surface area contributed by atoms with Gasteiger partial charge in [0, 0.05) is 6.20 Å². The number of carbonyl (C=O) groups excluding carboxylic acids is 1. The Morgan fingerprint density at radius 3 is 2.75 bits per heavy atom. The molecule has 3 nitrogen and oxygen atoms in total. The number of ether oxygens (including phenoxy) is 1. The van der Waals surface area contributed by atoms with Crippen LogP contribution in [-0.2, 0) is 16.0 Å². The van der Waals surface area contributed by atoms with E-state index in [1.54, 1.807) is 29.5 Å². The molecule has 0 saturated heterocycles. The van der Waals surface area contributed by atoms with E-state index >= 15 is 0 Å². The van der Waals surface area contributed by atoms with E-state index in [-0.39, 0.29) is 15.7 Å². The molecule has 0 saturated carbocycles. The Bertz CT molecular complexity index is 410. The molecular formula is C10H10F2INO2. The number of aromatic nitrogens is 1. The summed E-state index contributed by atoms with van der Waals surface area (Å²) in [5.41, 5.74) is 0.768. The molecule has 0 aromatic carbocycles. The predicted molar refractivity (Wildman–Crippen MR) is 62.4 cm³/mol. The van der Waals surface area contributed by atoms with Crippen LogP contribution in [-0.4, -0.2) is 18.1 Å². The van der Waals surface area contributed by atoms with Crippen molar-refractivity contribution in [2.45, 2.75) is 19.8 Å². The highest BCUT2D eigenvalue weighted by Gasteiger charge is 2.19. The van der Waals surface area contributed by atoms with E-state index in [4.69, 9.17) is 0 Å². The van der Waals surface area contributed by atoms with Gasteiger partial charge in [0.15, 0.2) is 0 Å². The Labute approximate surface area is 105 Å². The summed E-state index contributed by atoms with van der Waals surface area (Å²) in [7, 11) is 1.26. The lowest BCUT2D eigenvalue weighted by Crippen LogP contribution is -2.09. The third kappa shape index (κ3) is 2.87. The standard InChI is InChI=1S/C10H10F2INO2/c1-5-6(3-7(15)16-2)4-14-10(13)8(5)9(11)12/h4,9H,3H2,1-2H3. The first-order chi connectivity index (χ1) is 7.47. The van der Waals surface area contributed by atoms with Crippen LogP contribution >= 0.6 is 22.6 Å². The van der Waals surface area contributed by atoms with Crippen LogP contribution in [0.25, 0.3) is 0 Å². The average Bonchev–Trinajstić information content (AvgIpc) is 2.21. The molecule has 0 aliphatic heterocycles. The Morgan fingerprint density at radius 2 is 2.25 bits per heavy atom. The second-order valence-electron chi connectivity index (χ2n) is 3.17. The molecule has 0 spiro atoms. The zero-order chi connectivity index (χ0) is 12.3. The highest BCUT2D eigenvalue weighted by molar-refractivity contribution is 14.1. The van der Waals surface area contributed by atoms with Crippen molar-refractivity contribution in [3.05, 3.63) is 26.6 Å². The molecule has 1 rings (SSSR count). The van der Waals surface area contributed by atoms with Crippen LogP contribution in [0, 0.1) is 10.6 Å². The summed E-state index contributed by atoms with van der Waals surface area (Å²) < 4.78 is 30.2. The van der Waals surface area contributed by atoms with Crippen molar-refractivity contribution in [3.8, 4) is 0 Å². The maximum Gasteiger partial charge on any atom is 0.310 e. The summed E-state index contributed by atoms with van der Waals surface area (Å²) in [6.07, 6.45) is -1.19. The van der Waals surface area contributed by atoms with Gasteiger partial charge in [-0.15, -0.1) is 0 Å². The first-order valence-corrected chi connectivity index (χ1v) is 5.54. The molecule has 0 unspecified atom stereocenters. The minimum Gasteiger partial charge on any atom is -0.469 e. The van der Waals surface area contributed by atoms with Gasteiger partial charge >= 0.3 is 5.97 Å². The van der Waals surface area contributed by atoms with Crippen molar-refractivity contribution in [2.75, 3.05) is 7.11 Å². The number of rotatable bonds is 3. The van der Waals surface area contributed by atoms with E-state index in [0.717, 1.165) is 0 Å². The number of halogens is 3.